The molecule has 1 amide bonds. The van der Waals surface area contributed by atoms with Gasteiger partial charge in [-0.3, -0.25) is 9.59 Å². The van der Waals surface area contributed by atoms with Crippen LogP contribution in [0, 0.1) is 18.8 Å². The van der Waals surface area contributed by atoms with Gasteiger partial charge in [0.25, 0.3) is 5.91 Å². The highest BCUT2D eigenvalue weighted by Gasteiger charge is 2.21. The van der Waals surface area contributed by atoms with Crippen molar-refractivity contribution in [3.63, 3.8) is 0 Å². The molecule has 4 heteroatoms. The number of carbonyl (C=O) groups is 1. The minimum absolute atomic E-state index is 0.184. The van der Waals surface area contributed by atoms with E-state index in [9.17, 15) is 9.59 Å². The number of benzene rings is 2. The zero-order valence-electron chi connectivity index (χ0n) is 15.4. The fourth-order valence-corrected chi connectivity index (χ4v) is 3.60. The molecule has 4 rings (SSSR count). The Bertz CT molecular complexity index is 1180. The lowest BCUT2D eigenvalue weighted by molar-refractivity contribution is 0.0949. The number of hydrogen-bond acceptors (Lipinski definition) is 2. The summed E-state index contributed by atoms with van der Waals surface area (Å²) in [5.41, 5.74) is 4.99. The fraction of sp³-hybridized carbons (Fsp3) is 0.217. The first-order valence-corrected chi connectivity index (χ1v) is 9.03. The Balaban J connectivity index is 1.71. The van der Waals surface area contributed by atoms with Gasteiger partial charge in [-0.1, -0.05) is 35.7 Å². The third-order valence-electron chi connectivity index (χ3n) is 4.96. The smallest absolute Gasteiger partial charge is 0.257 e. The van der Waals surface area contributed by atoms with Crippen LogP contribution in [0.1, 0.15) is 39.5 Å². The number of nitrogens with zero attached hydrogens (tertiary/aromatic N) is 1. The molecule has 0 radical (unpaired) electrons. The lowest BCUT2D eigenvalue weighted by atomic mass is 10.0. The molecule has 1 aliphatic rings. The van der Waals surface area contributed by atoms with E-state index in [4.69, 9.17) is 0 Å². The predicted octanol–water partition coefficient (Wildman–Crippen LogP) is 3.17. The van der Waals surface area contributed by atoms with Gasteiger partial charge in [-0.15, -0.1) is 5.92 Å². The minimum Gasteiger partial charge on any atom is -0.348 e. The maximum absolute atomic E-state index is 13.0. The monoisotopic (exact) mass is 356 g/mol. The molecule has 2 heterocycles. The maximum Gasteiger partial charge on any atom is 0.257 e. The highest BCUT2D eigenvalue weighted by Crippen LogP contribution is 2.25. The Hall–Kier alpha value is -3.32. The van der Waals surface area contributed by atoms with Gasteiger partial charge in [0.05, 0.1) is 5.52 Å². The molecular weight excluding hydrogens is 336 g/mol. The quantitative estimate of drug-likeness (QED) is 0.733. The van der Waals surface area contributed by atoms with E-state index < -0.39 is 0 Å². The Morgan fingerprint density at radius 3 is 2.74 bits per heavy atom. The molecule has 134 valence electrons. The van der Waals surface area contributed by atoms with Crippen LogP contribution < -0.4 is 10.7 Å². The molecule has 2 aromatic carbocycles. The molecule has 0 unspecified atom stereocenters. The van der Waals surface area contributed by atoms with Crippen LogP contribution >= 0.6 is 0 Å². The summed E-state index contributed by atoms with van der Waals surface area (Å²) in [5.74, 6) is 5.56. The van der Waals surface area contributed by atoms with Crippen molar-refractivity contribution in [3.05, 3.63) is 80.6 Å². The zero-order chi connectivity index (χ0) is 19.0. The summed E-state index contributed by atoms with van der Waals surface area (Å²) in [6, 6.07) is 11.8. The summed E-state index contributed by atoms with van der Waals surface area (Å²) in [4.78, 5) is 25.7. The summed E-state index contributed by atoms with van der Waals surface area (Å²) in [5, 5.41) is 3.44. The molecule has 1 N–H and O–H groups in total. The summed E-state index contributed by atoms with van der Waals surface area (Å²) in [6.45, 7) is 4.96. The van der Waals surface area contributed by atoms with Crippen molar-refractivity contribution in [1.82, 2.24) is 9.88 Å². The van der Waals surface area contributed by atoms with Crippen molar-refractivity contribution in [3.8, 4) is 11.8 Å². The second kappa shape index (κ2) is 6.77. The van der Waals surface area contributed by atoms with Gasteiger partial charge in [0.1, 0.15) is 5.56 Å². The average molecular weight is 356 g/mol. The summed E-state index contributed by atoms with van der Waals surface area (Å²) < 4.78 is 2.01. The van der Waals surface area contributed by atoms with Crippen LogP contribution in [-0.4, -0.2) is 10.5 Å². The normalized spacial score (nSPS) is 11.9. The Morgan fingerprint density at radius 1 is 1.22 bits per heavy atom. The first kappa shape index (κ1) is 17.1. The van der Waals surface area contributed by atoms with Crippen LogP contribution in [-0.2, 0) is 19.5 Å². The van der Waals surface area contributed by atoms with Crippen LogP contribution in [0.25, 0.3) is 10.9 Å². The van der Waals surface area contributed by atoms with Crippen LogP contribution in [0.4, 0.5) is 0 Å². The predicted molar refractivity (Wildman–Crippen MR) is 107 cm³/mol. The highest BCUT2D eigenvalue weighted by molar-refractivity contribution is 5.98. The van der Waals surface area contributed by atoms with E-state index in [-0.39, 0.29) is 16.9 Å². The first-order valence-electron chi connectivity index (χ1n) is 9.03. The summed E-state index contributed by atoms with van der Waals surface area (Å²) in [6.07, 6.45) is 2.54. The van der Waals surface area contributed by atoms with Gasteiger partial charge in [-0.2, -0.15) is 0 Å². The summed E-state index contributed by atoms with van der Waals surface area (Å²) in [7, 11) is 0. The van der Waals surface area contributed by atoms with Gasteiger partial charge in [0.15, 0.2) is 0 Å². The van der Waals surface area contributed by atoms with Crippen molar-refractivity contribution in [2.75, 3.05) is 0 Å². The molecule has 4 nitrogen and oxygen atoms in total. The molecule has 0 aliphatic carbocycles. The van der Waals surface area contributed by atoms with Crippen molar-refractivity contribution in [1.29, 1.82) is 0 Å². The zero-order valence-corrected chi connectivity index (χ0v) is 15.4. The number of nitrogens with one attached hydrogen (secondary N) is 1. The van der Waals surface area contributed by atoms with Gasteiger partial charge in [0, 0.05) is 30.2 Å². The number of hydrogen-bond donors (Lipinski definition) is 1. The van der Waals surface area contributed by atoms with Gasteiger partial charge in [0.2, 0.25) is 5.43 Å². The minimum atomic E-state index is -0.341. The molecule has 27 heavy (non-hydrogen) atoms. The molecular formula is C23H20N2O2. The Labute approximate surface area is 157 Å². The standard InChI is InChI=1S/C23H20N2O2/c1-3-4-17-11-18-9-10-25-14-20(22(26)19(12-17)21(18)25)23(27)24-13-16-7-5-15(2)6-8-16/h5-8,11-12,14H,9-10,13H2,1-2H3,(H,24,27). The topological polar surface area (TPSA) is 51.1 Å². The second-order valence-corrected chi connectivity index (χ2v) is 6.89. The SMILES string of the molecule is CC#Cc1cc2c3c(c1)c(=O)c(C(=O)NCc1ccc(C)cc1)cn3CC2. The van der Waals surface area contributed by atoms with E-state index in [1.165, 1.54) is 5.56 Å². The molecule has 3 aromatic rings. The van der Waals surface area contributed by atoms with Gasteiger partial charge in [-0.05, 0) is 43.5 Å². The van der Waals surface area contributed by atoms with Crippen molar-refractivity contribution >= 4 is 16.8 Å². The van der Waals surface area contributed by atoms with Crippen LogP contribution in [0.3, 0.4) is 0 Å². The molecule has 0 spiro atoms. The third kappa shape index (κ3) is 3.13. The highest BCUT2D eigenvalue weighted by atomic mass is 16.2. The summed E-state index contributed by atoms with van der Waals surface area (Å²) >= 11 is 0. The Morgan fingerprint density at radius 2 is 2.00 bits per heavy atom. The molecule has 0 atom stereocenters. The van der Waals surface area contributed by atoms with E-state index >= 15 is 0 Å². The van der Waals surface area contributed by atoms with Crippen LogP contribution in [0.2, 0.25) is 0 Å². The van der Waals surface area contributed by atoms with Crippen molar-refractivity contribution < 1.29 is 4.79 Å². The lowest BCUT2D eigenvalue weighted by Crippen LogP contribution is -2.29. The number of rotatable bonds is 3. The number of pyridine rings is 1. The fourth-order valence-electron chi connectivity index (χ4n) is 3.60. The molecule has 0 saturated heterocycles. The van der Waals surface area contributed by atoms with E-state index in [0.29, 0.717) is 11.9 Å². The molecule has 0 saturated carbocycles. The van der Waals surface area contributed by atoms with Crippen molar-refractivity contribution in [2.45, 2.75) is 33.4 Å². The van der Waals surface area contributed by atoms with Gasteiger partial charge < -0.3 is 9.88 Å². The largest absolute Gasteiger partial charge is 0.348 e. The van der Waals surface area contributed by atoms with Gasteiger partial charge >= 0.3 is 0 Å². The molecule has 1 aromatic heterocycles. The average Bonchev–Trinajstić information content (AvgIpc) is 3.07. The molecule has 0 fully saturated rings. The van der Waals surface area contributed by atoms with Gasteiger partial charge in [-0.25, -0.2) is 0 Å². The number of aryl methyl sites for hydroxylation is 3. The number of aromatic nitrogens is 1. The van der Waals surface area contributed by atoms with E-state index in [1.807, 2.05) is 41.8 Å². The third-order valence-corrected chi connectivity index (χ3v) is 4.96. The first-order chi connectivity index (χ1) is 13.1. The lowest BCUT2D eigenvalue weighted by Gasteiger charge is -2.10. The number of carbonyl (C=O) groups excluding carboxylic acids is 1. The molecule has 1 aliphatic heterocycles. The maximum atomic E-state index is 13.0. The Kier molecular flexibility index (Phi) is 4.29. The number of amides is 1. The van der Waals surface area contributed by atoms with Crippen molar-refractivity contribution in [2.24, 2.45) is 0 Å². The van der Waals surface area contributed by atoms with E-state index in [1.54, 1.807) is 19.2 Å². The van der Waals surface area contributed by atoms with E-state index in [0.717, 1.165) is 35.2 Å². The second-order valence-electron chi connectivity index (χ2n) is 6.89. The van der Waals surface area contributed by atoms with Crippen LogP contribution in [0.5, 0.6) is 0 Å². The molecule has 0 bridgehead atoms. The van der Waals surface area contributed by atoms with Crippen LogP contribution in [0.15, 0.2) is 47.4 Å². The van der Waals surface area contributed by atoms with E-state index in [2.05, 4.69) is 17.2 Å².